The van der Waals surface area contributed by atoms with Crippen LogP contribution in [0.5, 0.6) is 0 Å². The molecule has 0 radical (unpaired) electrons. The predicted molar refractivity (Wildman–Crippen MR) is 59.5 cm³/mol. The maximum absolute atomic E-state index is 13.6. The van der Waals surface area contributed by atoms with Crippen LogP contribution >= 0.6 is 0 Å². The Labute approximate surface area is 97.3 Å². The first-order valence-electron chi connectivity index (χ1n) is 5.15. The molecule has 5 heteroatoms. The quantitative estimate of drug-likeness (QED) is 0.880. The summed E-state index contributed by atoms with van der Waals surface area (Å²) in [6.07, 6.45) is 5.12. The fourth-order valence-electron chi connectivity index (χ4n) is 1.56. The van der Waals surface area contributed by atoms with Gasteiger partial charge in [-0.05, 0) is 24.1 Å². The summed E-state index contributed by atoms with van der Waals surface area (Å²) in [6, 6.07) is 4.57. The number of aromatic nitrogens is 2. The highest BCUT2D eigenvalue weighted by Crippen LogP contribution is 2.16. The first-order valence-corrected chi connectivity index (χ1v) is 5.15. The van der Waals surface area contributed by atoms with Crippen molar-refractivity contribution in [2.45, 2.75) is 12.8 Å². The second kappa shape index (κ2) is 4.78. The molecule has 2 rings (SSSR count). The molecule has 4 nitrogen and oxygen atoms in total. The van der Waals surface area contributed by atoms with Gasteiger partial charge in [0, 0.05) is 18.8 Å². The number of aryl methyl sites for hydroxylation is 1. The largest absolute Gasteiger partial charge is 0.481 e. The van der Waals surface area contributed by atoms with Crippen molar-refractivity contribution < 1.29 is 14.3 Å². The van der Waals surface area contributed by atoms with Crippen LogP contribution in [0.15, 0.2) is 36.9 Å². The lowest BCUT2D eigenvalue weighted by Crippen LogP contribution is -2.00. The van der Waals surface area contributed by atoms with Crippen molar-refractivity contribution in [2.24, 2.45) is 0 Å². The van der Waals surface area contributed by atoms with Crippen molar-refractivity contribution in [1.82, 2.24) is 9.55 Å². The standard InChI is InChI=1S/C12H11FN2O2/c13-10-3-1-9(2-4-12(16)17)7-11(10)15-6-5-14-8-15/h1,3,5-8H,2,4H2,(H,16,17). The van der Waals surface area contributed by atoms with E-state index in [-0.39, 0.29) is 12.2 Å². The Bertz CT molecular complexity index is 523. The van der Waals surface area contributed by atoms with E-state index >= 15 is 0 Å². The molecule has 88 valence electrons. The van der Waals surface area contributed by atoms with Crippen molar-refractivity contribution in [3.05, 3.63) is 48.3 Å². The lowest BCUT2D eigenvalue weighted by molar-refractivity contribution is -0.136. The molecule has 0 amide bonds. The first kappa shape index (κ1) is 11.3. The third-order valence-electron chi connectivity index (χ3n) is 2.42. The Morgan fingerprint density at radius 2 is 2.29 bits per heavy atom. The Morgan fingerprint density at radius 1 is 1.47 bits per heavy atom. The van der Waals surface area contributed by atoms with E-state index in [9.17, 15) is 9.18 Å². The normalized spacial score (nSPS) is 10.4. The molecule has 0 atom stereocenters. The number of hydrogen-bond acceptors (Lipinski definition) is 2. The molecule has 0 aliphatic carbocycles. The van der Waals surface area contributed by atoms with Crippen LogP contribution in [-0.4, -0.2) is 20.6 Å². The van der Waals surface area contributed by atoms with E-state index in [2.05, 4.69) is 4.98 Å². The molecule has 2 aromatic rings. The van der Waals surface area contributed by atoms with Gasteiger partial charge in [0.2, 0.25) is 0 Å². The maximum atomic E-state index is 13.6. The van der Waals surface area contributed by atoms with Crippen molar-refractivity contribution in [2.75, 3.05) is 0 Å². The minimum atomic E-state index is -0.862. The fraction of sp³-hybridized carbons (Fsp3) is 0.167. The molecule has 1 aromatic carbocycles. The zero-order chi connectivity index (χ0) is 12.3. The van der Waals surface area contributed by atoms with E-state index in [1.807, 2.05) is 0 Å². The third-order valence-corrected chi connectivity index (χ3v) is 2.42. The highest BCUT2D eigenvalue weighted by atomic mass is 19.1. The highest BCUT2D eigenvalue weighted by molar-refractivity contribution is 5.67. The number of aliphatic carboxylic acids is 1. The van der Waals surface area contributed by atoms with Gasteiger partial charge in [0.25, 0.3) is 0 Å². The summed E-state index contributed by atoms with van der Waals surface area (Å²) in [7, 11) is 0. The van der Waals surface area contributed by atoms with E-state index in [4.69, 9.17) is 5.11 Å². The molecular formula is C12H11FN2O2. The van der Waals surface area contributed by atoms with Gasteiger partial charge < -0.3 is 9.67 Å². The van der Waals surface area contributed by atoms with E-state index in [0.717, 1.165) is 5.56 Å². The maximum Gasteiger partial charge on any atom is 0.303 e. The molecule has 0 fully saturated rings. The number of hydrogen-bond donors (Lipinski definition) is 1. The Morgan fingerprint density at radius 3 is 2.94 bits per heavy atom. The average Bonchev–Trinajstić information content (AvgIpc) is 2.81. The molecule has 17 heavy (non-hydrogen) atoms. The predicted octanol–water partition coefficient (Wildman–Crippen LogP) is 2.03. The molecule has 0 saturated heterocycles. The molecule has 1 N–H and O–H groups in total. The van der Waals surface area contributed by atoms with Crippen LogP contribution < -0.4 is 0 Å². The fourth-order valence-corrected chi connectivity index (χ4v) is 1.56. The minimum absolute atomic E-state index is 0.0367. The smallest absolute Gasteiger partial charge is 0.303 e. The summed E-state index contributed by atoms with van der Waals surface area (Å²) >= 11 is 0. The van der Waals surface area contributed by atoms with E-state index < -0.39 is 5.97 Å². The SMILES string of the molecule is O=C(O)CCc1ccc(F)c(-n2ccnc2)c1. The molecule has 1 heterocycles. The number of carboxylic acid groups (broad SMARTS) is 1. The van der Waals surface area contributed by atoms with Crippen molar-refractivity contribution in [3.8, 4) is 5.69 Å². The number of imidazole rings is 1. The number of rotatable bonds is 4. The summed E-state index contributed by atoms with van der Waals surface area (Å²) in [6.45, 7) is 0. The molecule has 0 bridgehead atoms. The van der Waals surface area contributed by atoms with Gasteiger partial charge in [0.1, 0.15) is 5.82 Å². The van der Waals surface area contributed by atoms with E-state index in [1.165, 1.54) is 12.4 Å². The highest BCUT2D eigenvalue weighted by Gasteiger charge is 2.06. The average molecular weight is 234 g/mol. The summed E-state index contributed by atoms with van der Waals surface area (Å²) in [5.41, 5.74) is 1.17. The first-order chi connectivity index (χ1) is 8.16. The molecular weight excluding hydrogens is 223 g/mol. The van der Waals surface area contributed by atoms with E-state index in [1.54, 1.807) is 29.1 Å². The Hall–Kier alpha value is -2.17. The van der Waals surface area contributed by atoms with Crippen LogP contribution in [0.4, 0.5) is 4.39 Å². The number of carboxylic acids is 1. The monoisotopic (exact) mass is 234 g/mol. The molecule has 1 aromatic heterocycles. The number of carbonyl (C=O) groups is 1. The van der Waals surface area contributed by atoms with Crippen LogP contribution in [0, 0.1) is 5.82 Å². The van der Waals surface area contributed by atoms with Crippen molar-refractivity contribution >= 4 is 5.97 Å². The van der Waals surface area contributed by atoms with Crippen LogP contribution in [0.25, 0.3) is 5.69 Å². The van der Waals surface area contributed by atoms with Gasteiger partial charge in [-0.1, -0.05) is 6.07 Å². The second-order valence-corrected chi connectivity index (χ2v) is 3.65. The van der Waals surface area contributed by atoms with Crippen LogP contribution in [-0.2, 0) is 11.2 Å². The van der Waals surface area contributed by atoms with Gasteiger partial charge in [0.05, 0.1) is 12.0 Å². The summed E-state index contributed by atoms with van der Waals surface area (Å²) in [5.74, 6) is -1.22. The van der Waals surface area contributed by atoms with Crippen molar-refractivity contribution in [3.63, 3.8) is 0 Å². The lowest BCUT2D eigenvalue weighted by atomic mass is 10.1. The van der Waals surface area contributed by atoms with Gasteiger partial charge in [0.15, 0.2) is 0 Å². The molecule has 0 saturated carbocycles. The van der Waals surface area contributed by atoms with Crippen molar-refractivity contribution in [1.29, 1.82) is 0 Å². The zero-order valence-corrected chi connectivity index (χ0v) is 9.01. The second-order valence-electron chi connectivity index (χ2n) is 3.65. The van der Waals surface area contributed by atoms with Gasteiger partial charge in [-0.3, -0.25) is 4.79 Å². The van der Waals surface area contributed by atoms with E-state index in [0.29, 0.717) is 12.1 Å². The third kappa shape index (κ3) is 2.69. The summed E-state index contributed by atoms with van der Waals surface area (Å²) in [5, 5.41) is 8.59. The van der Waals surface area contributed by atoms with Crippen LogP contribution in [0.3, 0.4) is 0 Å². The van der Waals surface area contributed by atoms with Gasteiger partial charge in [-0.2, -0.15) is 0 Å². The van der Waals surface area contributed by atoms with Crippen LogP contribution in [0.2, 0.25) is 0 Å². The molecule has 0 spiro atoms. The molecule has 0 unspecified atom stereocenters. The summed E-state index contributed by atoms with van der Waals surface area (Å²) < 4.78 is 15.1. The van der Waals surface area contributed by atoms with Crippen LogP contribution in [0.1, 0.15) is 12.0 Å². The number of halogens is 1. The van der Waals surface area contributed by atoms with Gasteiger partial charge >= 0.3 is 5.97 Å². The topological polar surface area (TPSA) is 55.1 Å². The Balaban J connectivity index is 2.27. The molecule has 0 aliphatic heterocycles. The number of benzene rings is 1. The summed E-state index contributed by atoms with van der Waals surface area (Å²) in [4.78, 5) is 14.3. The van der Waals surface area contributed by atoms with Gasteiger partial charge in [-0.25, -0.2) is 9.37 Å². The lowest BCUT2D eigenvalue weighted by Gasteiger charge is -2.06. The van der Waals surface area contributed by atoms with Gasteiger partial charge in [-0.15, -0.1) is 0 Å². The zero-order valence-electron chi connectivity index (χ0n) is 9.01. The number of nitrogens with zero attached hydrogens (tertiary/aromatic N) is 2. The minimum Gasteiger partial charge on any atom is -0.481 e. The Kier molecular flexibility index (Phi) is 3.18. The molecule has 0 aliphatic rings.